The summed E-state index contributed by atoms with van der Waals surface area (Å²) in [6.45, 7) is 2.65. The number of nitrogens with zero attached hydrogens (tertiary/aromatic N) is 1. The Morgan fingerprint density at radius 3 is 2.76 bits per heavy atom. The summed E-state index contributed by atoms with van der Waals surface area (Å²) in [4.78, 5) is 25.5. The van der Waals surface area contributed by atoms with Crippen LogP contribution in [0.2, 0.25) is 0 Å². The molecule has 1 heterocycles. The van der Waals surface area contributed by atoms with Gasteiger partial charge in [0, 0.05) is 12.6 Å². The van der Waals surface area contributed by atoms with Crippen LogP contribution < -0.4 is 0 Å². The van der Waals surface area contributed by atoms with Gasteiger partial charge in [0.15, 0.2) is 0 Å². The molecule has 1 unspecified atom stereocenters. The molecule has 112 valence electrons. The molecule has 0 aromatic heterocycles. The van der Waals surface area contributed by atoms with E-state index in [1.165, 1.54) is 6.08 Å². The largest absolute Gasteiger partial charge is 0.508 e. The van der Waals surface area contributed by atoms with E-state index in [0.717, 1.165) is 12.0 Å². The smallest absolute Gasteiger partial charge is 0.328 e. The summed E-state index contributed by atoms with van der Waals surface area (Å²) in [6.07, 6.45) is 4.58. The number of carbonyl (C=O) groups excluding carboxylic acids is 2. The van der Waals surface area contributed by atoms with Crippen LogP contribution in [0.1, 0.15) is 25.3 Å². The second-order valence-electron chi connectivity index (χ2n) is 4.87. The van der Waals surface area contributed by atoms with Crippen molar-refractivity contribution in [3.8, 4) is 5.75 Å². The highest BCUT2D eigenvalue weighted by Crippen LogP contribution is 2.19. The van der Waals surface area contributed by atoms with Gasteiger partial charge in [0.05, 0.1) is 6.61 Å². The molecular weight excluding hydrogens is 270 g/mol. The number of benzene rings is 1. The van der Waals surface area contributed by atoms with Crippen molar-refractivity contribution in [2.24, 2.45) is 0 Å². The molecule has 1 aromatic rings. The number of hydrogen-bond donors (Lipinski definition) is 1. The van der Waals surface area contributed by atoms with Gasteiger partial charge < -0.3 is 14.7 Å². The zero-order valence-electron chi connectivity index (χ0n) is 12.0. The molecule has 1 amide bonds. The lowest BCUT2D eigenvalue weighted by Crippen LogP contribution is -2.40. The van der Waals surface area contributed by atoms with Crippen LogP contribution in [0, 0.1) is 0 Å². The third-order valence-corrected chi connectivity index (χ3v) is 3.41. The van der Waals surface area contributed by atoms with Crippen molar-refractivity contribution in [2.75, 3.05) is 13.2 Å². The molecule has 1 aliphatic rings. The minimum absolute atomic E-state index is 0.181. The van der Waals surface area contributed by atoms with Gasteiger partial charge in [-0.1, -0.05) is 12.1 Å². The van der Waals surface area contributed by atoms with Gasteiger partial charge in [0.2, 0.25) is 5.91 Å². The van der Waals surface area contributed by atoms with Crippen molar-refractivity contribution in [3.05, 3.63) is 35.9 Å². The Bertz CT molecular complexity index is 536. The van der Waals surface area contributed by atoms with E-state index in [2.05, 4.69) is 0 Å². The summed E-state index contributed by atoms with van der Waals surface area (Å²) >= 11 is 0. The van der Waals surface area contributed by atoms with Crippen molar-refractivity contribution < 1.29 is 19.4 Å². The van der Waals surface area contributed by atoms with E-state index in [-0.39, 0.29) is 17.6 Å². The summed E-state index contributed by atoms with van der Waals surface area (Å²) in [7, 11) is 0. The zero-order valence-corrected chi connectivity index (χ0v) is 12.0. The fraction of sp³-hybridized carbons (Fsp3) is 0.375. The molecule has 0 aliphatic carbocycles. The molecular formula is C16H19NO4. The maximum Gasteiger partial charge on any atom is 0.328 e. The Morgan fingerprint density at radius 2 is 2.10 bits per heavy atom. The number of amides is 1. The van der Waals surface area contributed by atoms with E-state index < -0.39 is 6.04 Å². The third-order valence-electron chi connectivity index (χ3n) is 3.41. The number of rotatable bonds is 4. The fourth-order valence-electron chi connectivity index (χ4n) is 2.36. The van der Waals surface area contributed by atoms with Crippen molar-refractivity contribution >= 4 is 18.0 Å². The molecule has 0 saturated carbocycles. The summed E-state index contributed by atoms with van der Waals surface area (Å²) < 4.78 is 5.00. The normalized spacial score (nSPS) is 18.1. The Labute approximate surface area is 123 Å². The van der Waals surface area contributed by atoms with Crippen LogP contribution in [0.3, 0.4) is 0 Å². The average molecular weight is 289 g/mol. The first-order chi connectivity index (χ1) is 10.1. The molecule has 0 bridgehead atoms. The standard InChI is InChI=1S/C16H19NO4/c1-2-21-16(20)14-4-3-11-17(14)15(19)10-7-12-5-8-13(18)9-6-12/h5-10,14,18H,2-4,11H2,1H3. The van der Waals surface area contributed by atoms with Crippen LogP contribution in [0.5, 0.6) is 5.75 Å². The van der Waals surface area contributed by atoms with E-state index in [1.54, 1.807) is 42.2 Å². The number of phenolic OH excluding ortho intramolecular Hbond substituents is 1. The van der Waals surface area contributed by atoms with Crippen LogP contribution in [-0.2, 0) is 14.3 Å². The maximum atomic E-state index is 12.2. The summed E-state index contributed by atoms with van der Waals surface area (Å²) in [5, 5.41) is 9.20. The Balaban J connectivity index is 2.01. The van der Waals surface area contributed by atoms with Crippen LogP contribution in [0.4, 0.5) is 0 Å². The van der Waals surface area contributed by atoms with Crippen molar-refractivity contribution in [3.63, 3.8) is 0 Å². The Morgan fingerprint density at radius 1 is 1.38 bits per heavy atom. The Hall–Kier alpha value is -2.30. The first-order valence-electron chi connectivity index (χ1n) is 7.06. The molecule has 2 rings (SSSR count). The fourth-order valence-corrected chi connectivity index (χ4v) is 2.36. The van der Waals surface area contributed by atoms with Crippen molar-refractivity contribution in [1.82, 2.24) is 4.90 Å². The van der Waals surface area contributed by atoms with E-state index in [1.807, 2.05) is 0 Å². The van der Waals surface area contributed by atoms with E-state index in [9.17, 15) is 14.7 Å². The molecule has 1 N–H and O–H groups in total. The summed E-state index contributed by atoms with van der Waals surface area (Å²) in [5.74, 6) is -0.347. The number of ether oxygens (including phenoxy) is 1. The zero-order chi connectivity index (χ0) is 15.2. The lowest BCUT2D eigenvalue weighted by Gasteiger charge is -2.21. The van der Waals surface area contributed by atoms with Gasteiger partial charge in [0.25, 0.3) is 0 Å². The van der Waals surface area contributed by atoms with E-state index >= 15 is 0 Å². The third kappa shape index (κ3) is 3.84. The molecule has 1 fully saturated rings. The molecule has 1 aromatic carbocycles. The van der Waals surface area contributed by atoms with Crippen LogP contribution in [0.25, 0.3) is 6.08 Å². The molecule has 0 spiro atoms. The SMILES string of the molecule is CCOC(=O)C1CCCN1C(=O)C=Cc1ccc(O)cc1. The number of carbonyl (C=O) groups is 2. The quantitative estimate of drug-likeness (QED) is 0.679. The van der Waals surface area contributed by atoms with Crippen LogP contribution >= 0.6 is 0 Å². The number of aromatic hydroxyl groups is 1. The van der Waals surface area contributed by atoms with Gasteiger partial charge in [-0.2, -0.15) is 0 Å². The second-order valence-corrected chi connectivity index (χ2v) is 4.87. The molecule has 5 heteroatoms. The molecule has 1 aliphatic heterocycles. The lowest BCUT2D eigenvalue weighted by atomic mass is 10.2. The predicted molar refractivity (Wildman–Crippen MR) is 78.5 cm³/mol. The van der Waals surface area contributed by atoms with Gasteiger partial charge >= 0.3 is 5.97 Å². The first-order valence-corrected chi connectivity index (χ1v) is 7.06. The number of likely N-dealkylation sites (tertiary alicyclic amines) is 1. The molecule has 1 saturated heterocycles. The minimum Gasteiger partial charge on any atom is -0.508 e. The van der Waals surface area contributed by atoms with E-state index in [0.29, 0.717) is 19.6 Å². The molecule has 1 atom stereocenters. The van der Waals surface area contributed by atoms with Crippen LogP contribution in [-0.4, -0.2) is 41.1 Å². The number of phenols is 1. The minimum atomic E-state index is -0.470. The van der Waals surface area contributed by atoms with Gasteiger partial charge in [-0.3, -0.25) is 4.79 Å². The summed E-state index contributed by atoms with van der Waals surface area (Å²) in [6, 6.07) is 6.07. The van der Waals surface area contributed by atoms with Gasteiger partial charge in [-0.05, 0) is 43.5 Å². The number of esters is 1. The predicted octanol–water partition coefficient (Wildman–Crippen LogP) is 1.96. The lowest BCUT2D eigenvalue weighted by molar-refractivity contribution is -0.151. The molecule has 21 heavy (non-hydrogen) atoms. The highest BCUT2D eigenvalue weighted by Gasteiger charge is 2.33. The van der Waals surface area contributed by atoms with Crippen LogP contribution in [0.15, 0.2) is 30.3 Å². The average Bonchev–Trinajstić information content (AvgIpc) is 2.96. The maximum absolute atomic E-state index is 12.2. The molecule has 0 radical (unpaired) electrons. The number of hydrogen-bond acceptors (Lipinski definition) is 4. The van der Waals surface area contributed by atoms with Gasteiger partial charge in [-0.25, -0.2) is 4.79 Å². The Kier molecular flexibility index (Phi) is 4.98. The highest BCUT2D eigenvalue weighted by atomic mass is 16.5. The highest BCUT2D eigenvalue weighted by molar-refractivity contribution is 5.95. The first kappa shape index (κ1) is 15.1. The molecule has 5 nitrogen and oxygen atoms in total. The second kappa shape index (κ2) is 6.92. The van der Waals surface area contributed by atoms with Gasteiger partial charge in [-0.15, -0.1) is 0 Å². The van der Waals surface area contributed by atoms with Crippen molar-refractivity contribution in [1.29, 1.82) is 0 Å². The van der Waals surface area contributed by atoms with Crippen molar-refractivity contribution in [2.45, 2.75) is 25.8 Å². The van der Waals surface area contributed by atoms with E-state index in [4.69, 9.17) is 4.74 Å². The topological polar surface area (TPSA) is 66.8 Å². The monoisotopic (exact) mass is 289 g/mol. The summed E-state index contributed by atoms with van der Waals surface area (Å²) in [5.41, 5.74) is 0.813. The van der Waals surface area contributed by atoms with Gasteiger partial charge in [0.1, 0.15) is 11.8 Å².